The molecule has 0 aliphatic carbocycles. The molecule has 0 bridgehead atoms. The van der Waals surface area contributed by atoms with E-state index in [0.717, 1.165) is 57.2 Å². The van der Waals surface area contributed by atoms with Gasteiger partial charge in [0.25, 0.3) is 0 Å². The molecule has 0 amide bonds. The summed E-state index contributed by atoms with van der Waals surface area (Å²) in [5, 5.41) is 7.72. The summed E-state index contributed by atoms with van der Waals surface area (Å²) in [6.07, 6.45) is 8.55. The first-order valence-corrected chi connectivity index (χ1v) is 23.7. The van der Waals surface area contributed by atoms with Crippen LogP contribution in [-0.2, 0) is 0 Å². The molecule has 0 aromatic heterocycles. The van der Waals surface area contributed by atoms with Gasteiger partial charge in [-0.25, -0.2) is 0 Å². The van der Waals surface area contributed by atoms with Crippen molar-refractivity contribution in [1.82, 2.24) is 0 Å². The van der Waals surface area contributed by atoms with E-state index in [0.29, 0.717) is 0 Å². The van der Waals surface area contributed by atoms with Crippen LogP contribution in [0.1, 0.15) is 5.56 Å². The van der Waals surface area contributed by atoms with Crippen LogP contribution in [0.25, 0.3) is 82.4 Å². The Morgan fingerprint density at radius 2 is 0.725 bits per heavy atom. The Kier molecular flexibility index (Phi) is 10.8. The maximum absolute atomic E-state index is 4.58. The Labute approximate surface area is 404 Å². The molecule has 0 saturated heterocycles. The molecule has 0 saturated carbocycles. The van der Waals surface area contributed by atoms with E-state index in [1.54, 1.807) is 0 Å². The van der Waals surface area contributed by atoms with E-state index in [9.17, 15) is 0 Å². The molecule has 2 heteroatoms. The van der Waals surface area contributed by atoms with Gasteiger partial charge in [-0.15, -0.1) is 0 Å². The van der Waals surface area contributed by atoms with Gasteiger partial charge in [-0.1, -0.05) is 207 Å². The molecule has 0 radical (unpaired) electrons. The van der Waals surface area contributed by atoms with E-state index in [4.69, 9.17) is 0 Å². The second-order valence-electron chi connectivity index (χ2n) is 17.8. The van der Waals surface area contributed by atoms with Gasteiger partial charge in [-0.2, -0.15) is 0 Å². The van der Waals surface area contributed by atoms with Crippen molar-refractivity contribution in [2.24, 2.45) is 0 Å². The summed E-state index contributed by atoms with van der Waals surface area (Å²) >= 11 is 0. The van der Waals surface area contributed by atoms with Crippen molar-refractivity contribution in [3.8, 4) is 44.5 Å². The maximum atomic E-state index is 4.58. The zero-order chi connectivity index (χ0) is 46.1. The average molecular weight is 881 g/mol. The first-order valence-electron chi connectivity index (χ1n) is 23.7. The largest absolute Gasteiger partial charge is 0.337 e. The van der Waals surface area contributed by atoms with Crippen LogP contribution in [0.15, 0.2) is 274 Å². The van der Waals surface area contributed by atoms with Gasteiger partial charge >= 0.3 is 0 Å². The quantitative estimate of drug-likeness (QED) is 0.140. The van der Waals surface area contributed by atoms with Crippen molar-refractivity contribution in [2.75, 3.05) is 16.3 Å². The highest BCUT2D eigenvalue weighted by molar-refractivity contribution is 6.25. The van der Waals surface area contributed by atoms with Gasteiger partial charge in [0.1, 0.15) is 0 Å². The lowest BCUT2D eigenvalue weighted by molar-refractivity contribution is 1.09. The third kappa shape index (κ3) is 7.99. The number of nitrogens with zero attached hydrogens (tertiary/aromatic N) is 2. The molecule has 1 aliphatic rings. The summed E-state index contributed by atoms with van der Waals surface area (Å²) in [5.41, 5.74) is 17.1. The van der Waals surface area contributed by atoms with E-state index >= 15 is 0 Å². The van der Waals surface area contributed by atoms with Gasteiger partial charge in [0.05, 0.1) is 0 Å². The normalized spacial score (nSPS) is 13.4. The smallest absolute Gasteiger partial charge is 0.0493 e. The Bertz CT molecular complexity index is 3600. The summed E-state index contributed by atoms with van der Waals surface area (Å²) in [5.74, 6) is 0. The van der Waals surface area contributed by atoms with Gasteiger partial charge < -0.3 is 9.80 Å². The van der Waals surface area contributed by atoms with Crippen LogP contribution in [0.5, 0.6) is 0 Å². The number of anilines is 5. The highest BCUT2D eigenvalue weighted by atomic mass is 15.1. The SMILES string of the molecule is C=C1/C=C\C=C/CN(c2ccc(-c3ccc4c5ccccc5c5ccccc5c4c3)cc2)c2ccc(-c3ccc(N(c4ccc(-c5ccccc5)cc4)c4ccc(-c5ccccc5)cc4)cc3)cc21. The molecule has 69 heavy (non-hydrogen) atoms. The third-order valence-corrected chi connectivity index (χ3v) is 13.6. The average Bonchev–Trinajstić information content (AvgIpc) is 3.50. The summed E-state index contributed by atoms with van der Waals surface area (Å²) in [7, 11) is 0. The minimum Gasteiger partial charge on any atom is -0.337 e. The van der Waals surface area contributed by atoms with Crippen molar-refractivity contribution in [3.05, 3.63) is 279 Å². The second kappa shape index (κ2) is 18.0. The van der Waals surface area contributed by atoms with Crippen LogP contribution < -0.4 is 9.80 Å². The monoisotopic (exact) mass is 880 g/mol. The van der Waals surface area contributed by atoms with Gasteiger partial charge in [0, 0.05) is 40.5 Å². The lowest BCUT2D eigenvalue weighted by Crippen LogP contribution is -2.18. The number of rotatable bonds is 8. The molecular weight excluding hydrogens is 833 g/mol. The van der Waals surface area contributed by atoms with Crippen LogP contribution in [0.4, 0.5) is 28.4 Å². The first-order chi connectivity index (χ1) is 34.1. The minimum atomic E-state index is 0.724. The number of hydrogen-bond acceptors (Lipinski definition) is 2. The fourth-order valence-corrected chi connectivity index (χ4v) is 10.1. The molecule has 11 aromatic rings. The zero-order valence-corrected chi connectivity index (χ0v) is 38.2. The van der Waals surface area contributed by atoms with E-state index in [2.05, 4.69) is 283 Å². The van der Waals surface area contributed by atoms with Crippen LogP contribution in [-0.4, -0.2) is 6.54 Å². The molecular formula is C67H48N2. The minimum absolute atomic E-state index is 0.724. The van der Waals surface area contributed by atoms with E-state index in [-0.39, 0.29) is 0 Å². The molecule has 0 atom stereocenters. The van der Waals surface area contributed by atoms with Crippen LogP contribution in [0, 0.1) is 0 Å². The lowest BCUT2D eigenvalue weighted by atomic mass is 9.92. The summed E-state index contributed by atoms with van der Waals surface area (Å²) in [6, 6.07) is 88.1. The Morgan fingerprint density at radius 1 is 0.333 bits per heavy atom. The van der Waals surface area contributed by atoms with Crippen molar-refractivity contribution in [3.63, 3.8) is 0 Å². The number of hydrogen-bond donors (Lipinski definition) is 0. The standard InChI is InChI=1S/C67H48N2/c1-47-15-5-4-14-44-68(56-34-24-52(25-35-56)54-32-42-64-62-22-11-10-20-60(62)61-21-12-13-23-63(61)66(64)46-54)67-43-33-55(45-65(47)67)53-30-40-59(41-31-53)69(57-36-26-50(27-37-57)48-16-6-2-7-17-48)58-38-28-51(29-39-58)49-18-8-3-9-19-49/h2-43,45-46H,1,44H2/b14-4-,15-5-. The second-order valence-corrected chi connectivity index (χ2v) is 17.8. The Morgan fingerprint density at radius 3 is 1.25 bits per heavy atom. The molecule has 12 rings (SSSR count). The zero-order valence-electron chi connectivity index (χ0n) is 38.2. The summed E-state index contributed by atoms with van der Waals surface area (Å²) in [6.45, 7) is 5.31. The highest BCUT2D eigenvalue weighted by Crippen LogP contribution is 2.42. The molecule has 2 nitrogen and oxygen atoms in total. The Balaban J connectivity index is 0.862. The first kappa shape index (κ1) is 41.5. The molecule has 0 unspecified atom stereocenters. The molecule has 1 heterocycles. The van der Waals surface area contributed by atoms with Crippen LogP contribution in [0.3, 0.4) is 0 Å². The predicted molar refractivity (Wildman–Crippen MR) is 296 cm³/mol. The fourth-order valence-electron chi connectivity index (χ4n) is 10.1. The summed E-state index contributed by atoms with van der Waals surface area (Å²) < 4.78 is 0. The molecule has 0 spiro atoms. The van der Waals surface area contributed by atoms with Crippen LogP contribution in [0.2, 0.25) is 0 Å². The third-order valence-electron chi connectivity index (χ3n) is 13.6. The molecule has 326 valence electrons. The van der Waals surface area contributed by atoms with Gasteiger partial charge in [-0.05, 0) is 149 Å². The molecule has 0 N–H and O–H groups in total. The van der Waals surface area contributed by atoms with Gasteiger partial charge in [-0.3, -0.25) is 0 Å². The lowest BCUT2D eigenvalue weighted by Gasteiger charge is -2.27. The number of allylic oxidation sites excluding steroid dienone is 4. The predicted octanol–water partition coefficient (Wildman–Crippen LogP) is 18.6. The van der Waals surface area contributed by atoms with Crippen LogP contribution >= 0.6 is 0 Å². The topological polar surface area (TPSA) is 6.48 Å². The van der Waals surface area contributed by atoms with Crippen molar-refractivity contribution in [2.45, 2.75) is 0 Å². The highest BCUT2D eigenvalue weighted by Gasteiger charge is 2.19. The Hall–Kier alpha value is -8.98. The number of fused-ring (bicyclic) bond motifs is 7. The molecule has 0 fully saturated rings. The van der Waals surface area contributed by atoms with Gasteiger partial charge in [0.15, 0.2) is 0 Å². The van der Waals surface area contributed by atoms with E-state index < -0.39 is 0 Å². The van der Waals surface area contributed by atoms with E-state index in [1.165, 1.54) is 65.7 Å². The van der Waals surface area contributed by atoms with Crippen molar-refractivity contribution in [1.29, 1.82) is 0 Å². The number of benzene rings is 11. The van der Waals surface area contributed by atoms with E-state index in [1.807, 2.05) is 0 Å². The molecule has 11 aromatic carbocycles. The molecule has 1 aliphatic heterocycles. The fraction of sp³-hybridized carbons (Fsp3) is 0.0149. The van der Waals surface area contributed by atoms with Crippen molar-refractivity contribution < 1.29 is 0 Å². The van der Waals surface area contributed by atoms with Gasteiger partial charge in [0.2, 0.25) is 0 Å². The summed E-state index contributed by atoms with van der Waals surface area (Å²) in [4.78, 5) is 4.73. The van der Waals surface area contributed by atoms with Crippen molar-refractivity contribution >= 4 is 66.3 Å². The maximum Gasteiger partial charge on any atom is 0.0493 e.